The zero-order chi connectivity index (χ0) is 22.1. The highest BCUT2D eigenvalue weighted by Crippen LogP contribution is 2.41. The van der Waals surface area contributed by atoms with Crippen LogP contribution >= 0.6 is 11.6 Å². The molecule has 2 heterocycles. The Kier molecular flexibility index (Phi) is 5.15. The first-order valence-electron chi connectivity index (χ1n) is 8.99. The van der Waals surface area contributed by atoms with E-state index in [-0.39, 0.29) is 5.56 Å². The van der Waals surface area contributed by atoms with Gasteiger partial charge in [-0.3, -0.25) is 5.10 Å². The molecule has 4 rings (SSSR count). The number of carboxylic acid groups (broad SMARTS) is 1. The largest absolute Gasteiger partial charge is 0.493 e. The summed E-state index contributed by atoms with van der Waals surface area (Å²) >= 11 is 6.38. The number of hydrogen-bond acceptors (Lipinski definition) is 6. The molecular weight excluding hydrogens is 422 g/mol. The Hall–Kier alpha value is -4.16. The lowest BCUT2D eigenvalue weighted by atomic mass is 10.1. The van der Waals surface area contributed by atoms with Crippen molar-refractivity contribution in [3.63, 3.8) is 0 Å². The number of methoxy groups -OCH3 is 2. The summed E-state index contributed by atoms with van der Waals surface area (Å²) in [6.45, 7) is 0. The topological polar surface area (TPSA) is 125 Å². The van der Waals surface area contributed by atoms with Gasteiger partial charge in [-0.15, -0.1) is 0 Å². The lowest BCUT2D eigenvalue weighted by Gasteiger charge is -2.13. The van der Waals surface area contributed by atoms with Gasteiger partial charge in [0, 0.05) is 17.4 Å². The van der Waals surface area contributed by atoms with E-state index in [1.165, 1.54) is 32.5 Å². The molecule has 0 radical (unpaired) electrons. The number of carboxylic acids is 1. The number of nitrogens with zero attached hydrogens (tertiary/aromatic N) is 3. The molecule has 0 aliphatic heterocycles. The van der Waals surface area contributed by atoms with Gasteiger partial charge in [-0.05, 0) is 30.3 Å². The second-order valence-electron chi connectivity index (χ2n) is 6.47. The van der Waals surface area contributed by atoms with Gasteiger partial charge in [0.25, 0.3) is 0 Å². The highest BCUT2D eigenvalue weighted by atomic mass is 35.5. The molecule has 0 bridgehead atoms. The molecule has 0 saturated carbocycles. The van der Waals surface area contributed by atoms with Gasteiger partial charge >= 0.3 is 5.97 Å². The van der Waals surface area contributed by atoms with Crippen molar-refractivity contribution in [1.29, 1.82) is 5.26 Å². The van der Waals surface area contributed by atoms with Gasteiger partial charge < -0.3 is 19.9 Å². The van der Waals surface area contributed by atoms with Crippen LogP contribution in [-0.4, -0.2) is 39.9 Å². The number of H-pyrrole nitrogens is 1. The Morgan fingerprint density at radius 2 is 2.10 bits per heavy atom. The third-order valence-corrected chi connectivity index (χ3v) is 4.94. The van der Waals surface area contributed by atoms with Crippen LogP contribution in [0.25, 0.3) is 16.9 Å². The van der Waals surface area contributed by atoms with Crippen molar-refractivity contribution in [2.24, 2.45) is 0 Å². The van der Waals surface area contributed by atoms with E-state index < -0.39 is 5.97 Å². The van der Waals surface area contributed by atoms with E-state index in [1.807, 2.05) is 0 Å². The molecular formula is C21H16ClN5O4. The van der Waals surface area contributed by atoms with E-state index in [2.05, 4.69) is 21.5 Å². The van der Waals surface area contributed by atoms with Crippen LogP contribution < -0.4 is 14.8 Å². The summed E-state index contributed by atoms with van der Waals surface area (Å²) in [4.78, 5) is 16.0. The van der Waals surface area contributed by atoms with Crippen LogP contribution in [0.15, 0.2) is 42.6 Å². The van der Waals surface area contributed by atoms with E-state index in [1.54, 1.807) is 28.8 Å². The summed E-state index contributed by atoms with van der Waals surface area (Å²) in [7, 11) is 2.99. The van der Waals surface area contributed by atoms with Gasteiger partial charge in [0.1, 0.15) is 17.3 Å². The molecule has 0 fully saturated rings. The summed E-state index contributed by atoms with van der Waals surface area (Å²) < 4.78 is 12.3. The van der Waals surface area contributed by atoms with Gasteiger partial charge in [-0.2, -0.15) is 5.26 Å². The van der Waals surface area contributed by atoms with E-state index >= 15 is 0 Å². The number of aromatic nitrogens is 3. The maximum atomic E-state index is 11.3. The van der Waals surface area contributed by atoms with Gasteiger partial charge in [-0.25, -0.2) is 14.3 Å². The monoisotopic (exact) mass is 437 g/mol. The fourth-order valence-electron chi connectivity index (χ4n) is 3.24. The molecule has 4 aromatic rings. The maximum absolute atomic E-state index is 11.3. The van der Waals surface area contributed by atoms with Crippen LogP contribution in [0.1, 0.15) is 15.9 Å². The fourth-order valence-corrected chi connectivity index (χ4v) is 3.53. The van der Waals surface area contributed by atoms with Crippen LogP contribution in [0.4, 0.5) is 11.5 Å². The first kappa shape index (κ1) is 20.1. The number of rotatable bonds is 6. The standard InChI is InChI=1S/C21H16ClN5O4/c1-30-16-8-12(7-15(22)18(16)31-2)17-20(27-19(26-17)13(9-23)10-24-27)25-14-5-3-4-11(6-14)21(28)29/h3-8,10,24-25H,1-2H3,(H,28,29). The molecule has 10 heteroatoms. The molecule has 31 heavy (non-hydrogen) atoms. The minimum atomic E-state index is -1.04. The average molecular weight is 438 g/mol. The fraction of sp³-hybridized carbons (Fsp3) is 0.0952. The number of nitrogens with one attached hydrogen (secondary N) is 2. The third kappa shape index (κ3) is 3.49. The number of nitriles is 1. The maximum Gasteiger partial charge on any atom is 0.335 e. The van der Waals surface area contributed by atoms with Crippen LogP contribution in [0, 0.1) is 11.3 Å². The van der Waals surface area contributed by atoms with E-state index in [4.69, 9.17) is 21.1 Å². The normalized spacial score (nSPS) is 10.6. The molecule has 0 amide bonds. The molecule has 0 aliphatic carbocycles. The Bertz CT molecular complexity index is 1350. The Labute approximate surface area is 181 Å². The summed E-state index contributed by atoms with van der Waals surface area (Å²) in [5, 5.41) is 25.2. The van der Waals surface area contributed by atoms with Crippen molar-refractivity contribution in [1.82, 2.24) is 14.6 Å². The highest BCUT2D eigenvalue weighted by Gasteiger charge is 2.21. The smallest absolute Gasteiger partial charge is 0.335 e. The van der Waals surface area contributed by atoms with Crippen molar-refractivity contribution in [2.45, 2.75) is 0 Å². The van der Waals surface area contributed by atoms with Crippen molar-refractivity contribution in [3.05, 3.63) is 58.7 Å². The van der Waals surface area contributed by atoms with E-state index in [0.29, 0.717) is 50.5 Å². The Morgan fingerprint density at radius 3 is 2.77 bits per heavy atom. The zero-order valence-electron chi connectivity index (χ0n) is 16.4. The first-order valence-corrected chi connectivity index (χ1v) is 9.36. The summed E-state index contributed by atoms with van der Waals surface area (Å²) in [5.74, 6) is 0.253. The van der Waals surface area contributed by atoms with Gasteiger partial charge in [0.15, 0.2) is 23.0 Å². The molecule has 2 aromatic heterocycles. The predicted molar refractivity (Wildman–Crippen MR) is 114 cm³/mol. The first-order chi connectivity index (χ1) is 15.0. The van der Waals surface area contributed by atoms with Crippen molar-refractivity contribution >= 4 is 34.7 Å². The van der Waals surface area contributed by atoms with Crippen LogP contribution in [-0.2, 0) is 0 Å². The quantitative estimate of drug-likeness (QED) is 0.410. The Balaban J connectivity index is 1.91. The number of hydrogen-bond donors (Lipinski definition) is 3. The van der Waals surface area contributed by atoms with Crippen LogP contribution in [0.3, 0.4) is 0 Å². The number of fused-ring (bicyclic) bond motifs is 1. The molecule has 0 unspecified atom stereocenters. The number of ether oxygens (including phenoxy) is 2. The third-order valence-electron chi connectivity index (χ3n) is 4.66. The average Bonchev–Trinajstić information content (AvgIpc) is 3.33. The summed E-state index contributed by atoms with van der Waals surface area (Å²) in [6, 6.07) is 11.8. The lowest BCUT2D eigenvalue weighted by molar-refractivity contribution is 0.0697. The van der Waals surface area contributed by atoms with E-state index in [0.717, 1.165) is 0 Å². The second-order valence-corrected chi connectivity index (χ2v) is 6.88. The van der Waals surface area contributed by atoms with Crippen LogP contribution in [0.2, 0.25) is 5.02 Å². The number of halogens is 1. The molecule has 2 aromatic carbocycles. The molecule has 156 valence electrons. The van der Waals surface area contributed by atoms with E-state index in [9.17, 15) is 15.2 Å². The second kappa shape index (κ2) is 7.93. The van der Waals surface area contributed by atoms with Gasteiger partial charge in [-0.1, -0.05) is 17.7 Å². The Morgan fingerprint density at radius 1 is 1.29 bits per heavy atom. The number of carbonyl (C=O) groups is 1. The molecule has 0 atom stereocenters. The summed E-state index contributed by atoms with van der Waals surface area (Å²) in [5.41, 5.74) is 2.50. The van der Waals surface area contributed by atoms with Crippen molar-refractivity contribution in [3.8, 4) is 28.8 Å². The molecule has 0 saturated heterocycles. The number of imidazole rings is 1. The molecule has 3 N–H and O–H groups in total. The van der Waals surface area contributed by atoms with Crippen molar-refractivity contribution in [2.75, 3.05) is 19.5 Å². The molecule has 0 spiro atoms. The van der Waals surface area contributed by atoms with Crippen LogP contribution in [0.5, 0.6) is 11.5 Å². The van der Waals surface area contributed by atoms with Crippen molar-refractivity contribution < 1.29 is 19.4 Å². The minimum absolute atomic E-state index is 0.130. The lowest BCUT2D eigenvalue weighted by Crippen LogP contribution is -2.01. The van der Waals surface area contributed by atoms with Gasteiger partial charge in [0.2, 0.25) is 0 Å². The number of anilines is 2. The molecule has 9 nitrogen and oxygen atoms in total. The highest BCUT2D eigenvalue weighted by molar-refractivity contribution is 6.32. The minimum Gasteiger partial charge on any atom is -0.493 e. The zero-order valence-corrected chi connectivity index (χ0v) is 17.2. The predicted octanol–water partition coefficient (Wildman–Crippen LogP) is 4.31. The molecule has 0 aliphatic rings. The summed E-state index contributed by atoms with van der Waals surface area (Å²) in [6.07, 6.45) is 1.53. The number of aromatic amines is 1. The number of aromatic carboxylic acids is 1. The van der Waals surface area contributed by atoms with Gasteiger partial charge in [0.05, 0.1) is 24.8 Å². The SMILES string of the molecule is COc1cc(-c2nc3c(C#N)c[nH]n3c2Nc2cccc(C(=O)O)c2)cc(Cl)c1OC. The number of benzene rings is 2.